The van der Waals surface area contributed by atoms with Crippen molar-refractivity contribution in [1.29, 1.82) is 5.53 Å². The Kier molecular flexibility index (Phi) is 5.97. The zero-order valence-corrected chi connectivity index (χ0v) is 14.3. The minimum Gasteiger partial charge on any atom is -0.457 e. The quantitative estimate of drug-likeness (QED) is 0.681. The van der Waals surface area contributed by atoms with Crippen LogP contribution in [0, 0.1) is 12.5 Å². The summed E-state index contributed by atoms with van der Waals surface area (Å²) in [5.74, 6) is -3.06. The average molecular weight is 368 g/mol. The van der Waals surface area contributed by atoms with E-state index in [9.17, 15) is 8.78 Å². The number of halogens is 3. The summed E-state index contributed by atoms with van der Waals surface area (Å²) in [6, 6.07) is 6.04. The predicted molar refractivity (Wildman–Crippen MR) is 90.1 cm³/mol. The maximum absolute atomic E-state index is 13.5. The highest BCUT2D eigenvalue weighted by atomic mass is 35.5. The lowest BCUT2D eigenvalue weighted by Gasteiger charge is -2.14. The molecule has 2 N–H and O–H groups in total. The van der Waals surface area contributed by atoms with Gasteiger partial charge in [0.1, 0.15) is 12.3 Å². The Morgan fingerprint density at radius 2 is 2.20 bits per heavy atom. The first-order valence-electron chi connectivity index (χ1n) is 7.23. The maximum Gasteiger partial charge on any atom is 0.316 e. The number of alkyl halides is 2. The summed E-state index contributed by atoms with van der Waals surface area (Å²) in [5, 5.41) is 6.10. The molecule has 1 heterocycles. The number of nitrogens with zero attached hydrogens (tertiary/aromatic N) is 3. The number of nitrogens with one attached hydrogen (secondary N) is 2. The van der Waals surface area contributed by atoms with E-state index in [2.05, 4.69) is 20.4 Å². The van der Waals surface area contributed by atoms with E-state index in [4.69, 9.17) is 21.9 Å². The zero-order valence-electron chi connectivity index (χ0n) is 13.6. The van der Waals surface area contributed by atoms with E-state index >= 15 is 0 Å². The standard InChI is InChI=1S/C16H16ClF2N5O/c1-10-5-6-21-15(23-10)25-9-12(24-20)8-22-11-3-4-14(17)13(7-11)16(2,18)19/h3-8,20,22H,9H2,1-2H3/b12-8-,24-20?. The van der Waals surface area contributed by atoms with Gasteiger partial charge in [-0.2, -0.15) is 5.11 Å². The zero-order chi connectivity index (χ0) is 18.4. The van der Waals surface area contributed by atoms with Gasteiger partial charge in [-0.15, -0.1) is 0 Å². The van der Waals surface area contributed by atoms with Crippen LogP contribution in [0.25, 0.3) is 0 Å². The fourth-order valence-electron chi connectivity index (χ4n) is 1.86. The number of hydrogen-bond donors (Lipinski definition) is 2. The van der Waals surface area contributed by atoms with Crippen molar-refractivity contribution in [1.82, 2.24) is 9.97 Å². The smallest absolute Gasteiger partial charge is 0.316 e. The molecule has 25 heavy (non-hydrogen) atoms. The van der Waals surface area contributed by atoms with Gasteiger partial charge in [0, 0.05) is 41.3 Å². The summed E-state index contributed by atoms with van der Waals surface area (Å²) in [6.45, 7) is 2.52. The van der Waals surface area contributed by atoms with Crippen molar-refractivity contribution in [2.45, 2.75) is 19.8 Å². The van der Waals surface area contributed by atoms with Crippen molar-refractivity contribution in [3.8, 4) is 6.01 Å². The van der Waals surface area contributed by atoms with Gasteiger partial charge in [0.15, 0.2) is 0 Å². The Bertz CT molecular complexity index is 792. The highest BCUT2D eigenvalue weighted by molar-refractivity contribution is 6.31. The van der Waals surface area contributed by atoms with Crippen LogP contribution in [0.15, 0.2) is 47.5 Å². The lowest BCUT2D eigenvalue weighted by atomic mass is 10.1. The fourth-order valence-corrected chi connectivity index (χ4v) is 2.14. The van der Waals surface area contributed by atoms with Crippen molar-refractivity contribution in [2.24, 2.45) is 5.11 Å². The van der Waals surface area contributed by atoms with E-state index in [-0.39, 0.29) is 28.9 Å². The van der Waals surface area contributed by atoms with Gasteiger partial charge in [0.05, 0.1) is 0 Å². The van der Waals surface area contributed by atoms with Gasteiger partial charge in [-0.05, 0) is 31.2 Å². The molecule has 0 unspecified atom stereocenters. The molecule has 1 aromatic heterocycles. The third kappa shape index (κ3) is 5.46. The van der Waals surface area contributed by atoms with Crippen LogP contribution >= 0.6 is 11.6 Å². The number of ether oxygens (including phenoxy) is 1. The van der Waals surface area contributed by atoms with Crippen molar-refractivity contribution in [2.75, 3.05) is 11.9 Å². The van der Waals surface area contributed by atoms with Gasteiger partial charge in [-0.1, -0.05) is 11.6 Å². The molecule has 1 aromatic carbocycles. The second-order valence-corrected chi connectivity index (χ2v) is 5.65. The monoisotopic (exact) mass is 367 g/mol. The maximum atomic E-state index is 13.5. The molecule has 0 saturated carbocycles. The van der Waals surface area contributed by atoms with Crippen LogP contribution in [-0.2, 0) is 5.92 Å². The minimum atomic E-state index is -3.06. The van der Waals surface area contributed by atoms with E-state index in [1.807, 2.05) is 0 Å². The average Bonchev–Trinajstić information content (AvgIpc) is 2.55. The van der Waals surface area contributed by atoms with Crippen LogP contribution < -0.4 is 10.1 Å². The van der Waals surface area contributed by atoms with Gasteiger partial charge in [-0.25, -0.2) is 24.3 Å². The molecule has 6 nitrogen and oxygen atoms in total. The topological polar surface area (TPSA) is 83.2 Å². The molecular weight excluding hydrogens is 352 g/mol. The number of benzene rings is 1. The van der Waals surface area contributed by atoms with Gasteiger partial charge in [0.2, 0.25) is 0 Å². The van der Waals surface area contributed by atoms with E-state index in [1.54, 1.807) is 25.3 Å². The molecule has 0 radical (unpaired) electrons. The van der Waals surface area contributed by atoms with Gasteiger partial charge < -0.3 is 10.1 Å². The lowest BCUT2D eigenvalue weighted by Crippen LogP contribution is -2.08. The molecule has 0 spiro atoms. The molecule has 0 atom stereocenters. The van der Waals surface area contributed by atoms with Crippen LogP contribution in [0.5, 0.6) is 6.01 Å². The molecule has 2 rings (SSSR count). The van der Waals surface area contributed by atoms with E-state index in [1.165, 1.54) is 18.3 Å². The SMILES string of the molecule is Cc1ccnc(OC/C(=C/Nc2ccc(Cl)c(C(C)(F)F)c2)N=N)n1. The first-order valence-corrected chi connectivity index (χ1v) is 7.60. The van der Waals surface area contributed by atoms with Gasteiger partial charge in [0.25, 0.3) is 5.92 Å². The number of aryl methyl sites for hydroxylation is 1. The van der Waals surface area contributed by atoms with Crippen molar-refractivity contribution in [3.63, 3.8) is 0 Å². The third-order valence-corrected chi connectivity index (χ3v) is 3.44. The molecule has 9 heteroatoms. The fraction of sp³-hybridized carbons (Fsp3) is 0.250. The number of rotatable bonds is 7. The van der Waals surface area contributed by atoms with Crippen LogP contribution in [0.1, 0.15) is 18.2 Å². The molecule has 0 saturated heterocycles. The highest BCUT2D eigenvalue weighted by Crippen LogP contribution is 2.34. The number of hydrogen-bond acceptors (Lipinski definition) is 6. The summed E-state index contributed by atoms with van der Waals surface area (Å²) >= 11 is 5.80. The molecule has 0 bridgehead atoms. The molecule has 0 aliphatic heterocycles. The second kappa shape index (κ2) is 7.98. The molecule has 0 aliphatic rings. The Morgan fingerprint density at radius 1 is 1.44 bits per heavy atom. The Labute approximate surface area is 148 Å². The Balaban J connectivity index is 2.07. The summed E-state index contributed by atoms with van der Waals surface area (Å²) in [7, 11) is 0. The van der Waals surface area contributed by atoms with Gasteiger partial charge in [-0.3, -0.25) is 0 Å². The molecular formula is C16H16ClF2N5O. The van der Waals surface area contributed by atoms with Crippen molar-refractivity contribution in [3.05, 3.63) is 58.6 Å². The molecule has 0 aliphatic carbocycles. The van der Waals surface area contributed by atoms with Crippen LogP contribution in [-0.4, -0.2) is 16.6 Å². The summed E-state index contributed by atoms with van der Waals surface area (Å²) in [6.07, 6.45) is 2.93. The molecule has 0 fully saturated rings. The van der Waals surface area contributed by atoms with Gasteiger partial charge >= 0.3 is 6.01 Å². The lowest BCUT2D eigenvalue weighted by molar-refractivity contribution is 0.0176. The minimum absolute atomic E-state index is 0.0210. The summed E-state index contributed by atoms with van der Waals surface area (Å²) in [4.78, 5) is 7.99. The first kappa shape index (κ1) is 18.7. The summed E-state index contributed by atoms with van der Waals surface area (Å²) < 4.78 is 32.3. The normalized spacial score (nSPS) is 12.0. The van der Waals surface area contributed by atoms with Crippen molar-refractivity contribution >= 4 is 17.3 Å². The predicted octanol–water partition coefficient (Wildman–Crippen LogP) is 4.91. The molecule has 0 amide bonds. The Hall–Kier alpha value is -2.61. The first-order chi connectivity index (χ1) is 11.8. The van der Waals surface area contributed by atoms with Crippen LogP contribution in [0.2, 0.25) is 5.02 Å². The second-order valence-electron chi connectivity index (χ2n) is 5.24. The third-order valence-electron chi connectivity index (χ3n) is 3.11. The Morgan fingerprint density at radius 3 is 2.84 bits per heavy atom. The highest BCUT2D eigenvalue weighted by Gasteiger charge is 2.27. The van der Waals surface area contributed by atoms with E-state index < -0.39 is 5.92 Å². The van der Waals surface area contributed by atoms with Crippen molar-refractivity contribution < 1.29 is 13.5 Å². The van der Waals surface area contributed by atoms with E-state index in [0.29, 0.717) is 5.69 Å². The number of aromatic nitrogens is 2. The molecule has 2 aromatic rings. The van der Waals surface area contributed by atoms with Crippen LogP contribution in [0.3, 0.4) is 0 Å². The van der Waals surface area contributed by atoms with E-state index in [0.717, 1.165) is 12.6 Å². The largest absolute Gasteiger partial charge is 0.457 e. The van der Waals surface area contributed by atoms with Crippen LogP contribution in [0.4, 0.5) is 14.5 Å². The number of anilines is 1. The molecule has 132 valence electrons. The summed E-state index contributed by atoms with van der Waals surface area (Å²) in [5.41, 5.74) is 8.23.